The van der Waals surface area contributed by atoms with E-state index in [-0.39, 0.29) is 17.5 Å². The lowest BCUT2D eigenvalue weighted by atomic mass is 10.1. The number of nitrogens with zero attached hydrogens (tertiary/aromatic N) is 3. The van der Waals surface area contributed by atoms with Crippen LogP contribution in [0.25, 0.3) is 0 Å². The van der Waals surface area contributed by atoms with Crippen molar-refractivity contribution in [2.24, 2.45) is 0 Å². The molecule has 0 aliphatic carbocycles. The third-order valence-corrected chi connectivity index (χ3v) is 3.54. The van der Waals surface area contributed by atoms with E-state index in [2.05, 4.69) is 10.3 Å². The van der Waals surface area contributed by atoms with Crippen molar-refractivity contribution in [2.75, 3.05) is 18.4 Å². The van der Waals surface area contributed by atoms with Gasteiger partial charge in [0, 0.05) is 30.5 Å². The van der Waals surface area contributed by atoms with Crippen LogP contribution in [0.2, 0.25) is 0 Å². The average molecular weight is 322 g/mol. The number of nitriles is 1. The molecule has 1 aromatic carbocycles. The zero-order valence-corrected chi connectivity index (χ0v) is 13.6. The summed E-state index contributed by atoms with van der Waals surface area (Å²) in [5.41, 5.74) is 1.55. The van der Waals surface area contributed by atoms with Crippen molar-refractivity contribution in [1.82, 2.24) is 9.88 Å². The highest BCUT2D eigenvalue weighted by molar-refractivity contribution is 6.05. The quantitative estimate of drug-likeness (QED) is 0.917. The van der Waals surface area contributed by atoms with Gasteiger partial charge in [-0.2, -0.15) is 5.26 Å². The summed E-state index contributed by atoms with van der Waals surface area (Å²) in [5, 5.41) is 11.6. The molecule has 122 valence electrons. The van der Waals surface area contributed by atoms with Crippen molar-refractivity contribution in [3.63, 3.8) is 0 Å². The summed E-state index contributed by atoms with van der Waals surface area (Å²) in [5.74, 6) is -0.567. The van der Waals surface area contributed by atoms with Crippen LogP contribution < -0.4 is 5.32 Å². The molecule has 0 spiro atoms. The Bertz CT molecular complexity index is 792. The molecule has 0 aliphatic rings. The van der Waals surface area contributed by atoms with Gasteiger partial charge in [0.05, 0.1) is 11.6 Å². The van der Waals surface area contributed by atoms with Crippen LogP contribution >= 0.6 is 0 Å². The lowest BCUT2D eigenvalue weighted by Crippen LogP contribution is -2.31. The Morgan fingerprint density at radius 2 is 1.96 bits per heavy atom. The molecular formula is C18H18N4O2. The first-order valence-electron chi connectivity index (χ1n) is 7.65. The van der Waals surface area contributed by atoms with Crippen LogP contribution in [0.5, 0.6) is 0 Å². The van der Waals surface area contributed by atoms with E-state index in [0.29, 0.717) is 29.9 Å². The van der Waals surface area contributed by atoms with Crippen molar-refractivity contribution < 1.29 is 9.59 Å². The predicted octanol–water partition coefficient (Wildman–Crippen LogP) is 2.69. The normalized spacial score (nSPS) is 9.88. The van der Waals surface area contributed by atoms with Crippen molar-refractivity contribution in [3.05, 3.63) is 59.4 Å². The van der Waals surface area contributed by atoms with Gasteiger partial charge in [-0.25, -0.2) is 0 Å². The van der Waals surface area contributed by atoms with Crippen LogP contribution in [-0.2, 0) is 0 Å². The number of anilines is 1. The monoisotopic (exact) mass is 322 g/mol. The Morgan fingerprint density at radius 1 is 1.21 bits per heavy atom. The first-order chi connectivity index (χ1) is 11.6. The summed E-state index contributed by atoms with van der Waals surface area (Å²) in [6.45, 7) is 4.93. The van der Waals surface area contributed by atoms with Gasteiger partial charge in [-0.05, 0) is 44.2 Å². The summed E-state index contributed by atoms with van der Waals surface area (Å²) in [6, 6.07) is 11.7. The molecule has 0 saturated heterocycles. The molecule has 6 heteroatoms. The fourth-order valence-electron chi connectivity index (χ4n) is 2.23. The molecule has 2 rings (SSSR count). The highest BCUT2D eigenvalue weighted by Crippen LogP contribution is 2.12. The van der Waals surface area contributed by atoms with Crippen LogP contribution in [0.4, 0.5) is 5.69 Å². The molecule has 2 amide bonds. The van der Waals surface area contributed by atoms with Crippen LogP contribution in [0, 0.1) is 11.3 Å². The minimum Gasteiger partial charge on any atom is -0.338 e. The SMILES string of the molecule is CCN(CC)C(=O)c1cc(C(=O)Nc2cccc(C#N)c2)ccn1. The minimum atomic E-state index is -0.360. The summed E-state index contributed by atoms with van der Waals surface area (Å²) in [4.78, 5) is 30.4. The second-order valence-corrected chi connectivity index (χ2v) is 5.05. The number of aromatic nitrogens is 1. The standard InChI is InChI=1S/C18H18N4O2/c1-3-22(4-2)18(24)16-11-14(8-9-20-16)17(23)21-15-7-5-6-13(10-15)12-19/h5-11H,3-4H2,1-2H3,(H,21,23). The maximum atomic E-state index is 12.4. The molecule has 6 nitrogen and oxygen atoms in total. The molecule has 0 fully saturated rings. The van der Waals surface area contributed by atoms with Crippen molar-refractivity contribution in [2.45, 2.75) is 13.8 Å². The molecule has 0 unspecified atom stereocenters. The van der Waals surface area contributed by atoms with Gasteiger partial charge in [0.25, 0.3) is 11.8 Å². The molecule has 24 heavy (non-hydrogen) atoms. The van der Waals surface area contributed by atoms with E-state index < -0.39 is 0 Å². The number of carbonyl (C=O) groups is 2. The second-order valence-electron chi connectivity index (χ2n) is 5.05. The Kier molecular flexibility index (Phi) is 5.63. The van der Waals surface area contributed by atoms with Gasteiger partial charge < -0.3 is 10.2 Å². The molecule has 0 aliphatic heterocycles. The number of carbonyl (C=O) groups excluding carboxylic acids is 2. The van der Waals surface area contributed by atoms with E-state index in [1.807, 2.05) is 19.9 Å². The summed E-state index contributed by atoms with van der Waals surface area (Å²) < 4.78 is 0. The number of benzene rings is 1. The molecule has 0 atom stereocenters. The maximum Gasteiger partial charge on any atom is 0.272 e. The zero-order chi connectivity index (χ0) is 17.5. The van der Waals surface area contributed by atoms with Crippen LogP contribution in [0.1, 0.15) is 40.3 Å². The number of pyridine rings is 1. The van der Waals surface area contributed by atoms with Crippen molar-refractivity contribution >= 4 is 17.5 Å². The molecule has 1 N–H and O–H groups in total. The number of rotatable bonds is 5. The molecule has 1 aromatic heterocycles. The lowest BCUT2D eigenvalue weighted by Gasteiger charge is -2.18. The third-order valence-electron chi connectivity index (χ3n) is 3.54. The van der Waals surface area contributed by atoms with E-state index in [1.54, 1.807) is 35.2 Å². The largest absolute Gasteiger partial charge is 0.338 e. The number of hydrogen-bond acceptors (Lipinski definition) is 4. The molecule has 0 radical (unpaired) electrons. The third kappa shape index (κ3) is 3.96. The fraction of sp³-hybridized carbons (Fsp3) is 0.222. The zero-order valence-electron chi connectivity index (χ0n) is 13.6. The van der Waals surface area contributed by atoms with E-state index in [0.717, 1.165) is 0 Å². The van der Waals surface area contributed by atoms with Gasteiger partial charge in [-0.3, -0.25) is 14.6 Å². The highest BCUT2D eigenvalue weighted by Gasteiger charge is 2.16. The Labute approximate surface area is 140 Å². The number of amides is 2. The van der Waals surface area contributed by atoms with E-state index in [9.17, 15) is 9.59 Å². The molecular weight excluding hydrogens is 304 g/mol. The highest BCUT2D eigenvalue weighted by atomic mass is 16.2. The molecule has 2 aromatic rings. The molecule has 0 bridgehead atoms. The van der Waals surface area contributed by atoms with E-state index in [4.69, 9.17) is 5.26 Å². The average Bonchev–Trinajstić information content (AvgIpc) is 2.63. The summed E-state index contributed by atoms with van der Waals surface area (Å²) >= 11 is 0. The van der Waals surface area contributed by atoms with Crippen LogP contribution in [-0.4, -0.2) is 34.8 Å². The van der Waals surface area contributed by atoms with Crippen LogP contribution in [0.3, 0.4) is 0 Å². The molecule has 0 saturated carbocycles. The van der Waals surface area contributed by atoms with Gasteiger partial charge in [0.15, 0.2) is 0 Å². The second kappa shape index (κ2) is 7.88. The van der Waals surface area contributed by atoms with Gasteiger partial charge in [-0.15, -0.1) is 0 Å². The predicted molar refractivity (Wildman–Crippen MR) is 90.6 cm³/mol. The lowest BCUT2D eigenvalue weighted by molar-refractivity contribution is 0.0767. The first-order valence-corrected chi connectivity index (χ1v) is 7.65. The topological polar surface area (TPSA) is 86.1 Å². The first kappa shape index (κ1) is 17.2. The Morgan fingerprint density at radius 3 is 2.62 bits per heavy atom. The maximum absolute atomic E-state index is 12.4. The minimum absolute atomic E-state index is 0.207. The Balaban J connectivity index is 2.20. The smallest absolute Gasteiger partial charge is 0.272 e. The van der Waals surface area contributed by atoms with Gasteiger partial charge in [-0.1, -0.05) is 6.07 Å². The van der Waals surface area contributed by atoms with E-state index >= 15 is 0 Å². The Hall–Kier alpha value is -3.20. The summed E-state index contributed by atoms with van der Waals surface area (Å²) in [7, 11) is 0. The van der Waals surface area contributed by atoms with E-state index in [1.165, 1.54) is 12.3 Å². The fourth-order valence-corrected chi connectivity index (χ4v) is 2.23. The van der Waals surface area contributed by atoms with Gasteiger partial charge >= 0.3 is 0 Å². The number of hydrogen-bond donors (Lipinski definition) is 1. The van der Waals surface area contributed by atoms with Crippen molar-refractivity contribution in [3.8, 4) is 6.07 Å². The van der Waals surface area contributed by atoms with Gasteiger partial charge in [0.1, 0.15) is 5.69 Å². The van der Waals surface area contributed by atoms with Crippen LogP contribution in [0.15, 0.2) is 42.6 Å². The summed E-state index contributed by atoms with van der Waals surface area (Å²) in [6.07, 6.45) is 1.44. The van der Waals surface area contributed by atoms with Crippen molar-refractivity contribution in [1.29, 1.82) is 5.26 Å². The molecule has 1 heterocycles. The van der Waals surface area contributed by atoms with Gasteiger partial charge in [0.2, 0.25) is 0 Å². The number of nitrogens with one attached hydrogen (secondary N) is 1.